The predicted octanol–water partition coefficient (Wildman–Crippen LogP) is 1.04. The van der Waals surface area contributed by atoms with Crippen molar-refractivity contribution in [3.05, 3.63) is 0 Å². The third kappa shape index (κ3) is 2.20. The zero-order valence-electron chi connectivity index (χ0n) is 8.21. The Labute approximate surface area is 79.8 Å². The van der Waals surface area contributed by atoms with Gasteiger partial charge in [0.2, 0.25) is 0 Å². The maximum absolute atomic E-state index is 9.14. The summed E-state index contributed by atoms with van der Waals surface area (Å²) < 4.78 is 0. The Morgan fingerprint density at radius 1 is 1.62 bits per heavy atom. The molecule has 1 fully saturated rings. The van der Waals surface area contributed by atoms with E-state index in [0.29, 0.717) is 12.5 Å². The highest BCUT2D eigenvalue weighted by atomic mass is 16.3. The average molecular weight is 182 g/mol. The van der Waals surface area contributed by atoms with Crippen LogP contribution in [-0.2, 0) is 0 Å². The standard InChI is InChI=1S/C10H18N2O/c1-9-4-2-3-5-10(9,8-11)12-6-7-13/h9,12-13H,2-7H2,1H3. The van der Waals surface area contributed by atoms with Gasteiger partial charge in [0.1, 0.15) is 5.54 Å². The first-order valence-corrected chi connectivity index (χ1v) is 5.02. The van der Waals surface area contributed by atoms with Crippen LogP contribution in [0.4, 0.5) is 0 Å². The SMILES string of the molecule is CC1CCCCC1(C#N)NCCO. The van der Waals surface area contributed by atoms with Crippen molar-refractivity contribution in [1.29, 1.82) is 5.26 Å². The van der Waals surface area contributed by atoms with Crippen molar-refractivity contribution in [2.24, 2.45) is 5.92 Å². The van der Waals surface area contributed by atoms with Crippen molar-refractivity contribution in [1.82, 2.24) is 5.32 Å². The minimum Gasteiger partial charge on any atom is -0.395 e. The fourth-order valence-electron chi connectivity index (χ4n) is 2.09. The molecule has 0 aromatic carbocycles. The number of β-amino-alcohol motifs (C(OH)–C–C–N with tert-alkyl or cyclic N) is 1. The lowest BCUT2D eigenvalue weighted by atomic mass is 9.74. The Hall–Kier alpha value is -0.590. The predicted molar refractivity (Wildman–Crippen MR) is 51.1 cm³/mol. The van der Waals surface area contributed by atoms with Gasteiger partial charge in [-0.05, 0) is 18.8 Å². The maximum Gasteiger partial charge on any atom is 0.109 e. The van der Waals surface area contributed by atoms with Crippen LogP contribution in [0.2, 0.25) is 0 Å². The molecule has 13 heavy (non-hydrogen) atoms. The first kappa shape index (κ1) is 10.5. The van der Waals surface area contributed by atoms with Gasteiger partial charge in [-0.1, -0.05) is 19.8 Å². The number of nitrogens with zero attached hydrogens (tertiary/aromatic N) is 1. The molecule has 0 saturated heterocycles. The van der Waals surface area contributed by atoms with Crippen LogP contribution in [0.3, 0.4) is 0 Å². The molecule has 0 amide bonds. The number of aliphatic hydroxyl groups excluding tert-OH is 1. The van der Waals surface area contributed by atoms with Gasteiger partial charge in [-0.15, -0.1) is 0 Å². The first-order valence-electron chi connectivity index (χ1n) is 5.02. The summed E-state index contributed by atoms with van der Waals surface area (Å²) in [5.74, 6) is 0.401. The molecule has 1 saturated carbocycles. The van der Waals surface area contributed by atoms with Gasteiger partial charge in [-0.2, -0.15) is 5.26 Å². The molecule has 0 aliphatic heterocycles. The van der Waals surface area contributed by atoms with Gasteiger partial charge in [-0.3, -0.25) is 5.32 Å². The third-order valence-corrected chi connectivity index (χ3v) is 3.05. The van der Waals surface area contributed by atoms with Crippen LogP contribution in [0.15, 0.2) is 0 Å². The highest BCUT2D eigenvalue weighted by Gasteiger charge is 2.37. The van der Waals surface area contributed by atoms with E-state index in [2.05, 4.69) is 18.3 Å². The van der Waals surface area contributed by atoms with Crippen molar-refractivity contribution >= 4 is 0 Å². The maximum atomic E-state index is 9.14. The van der Waals surface area contributed by atoms with Crippen molar-refractivity contribution in [2.75, 3.05) is 13.2 Å². The number of hydrogen-bond acceptors (Lipinski definition) is 3. The van der Waals surface area contributed by atoms with E-state index in [0.717, 1.165) is 19.3 Å². The number of nitrogens with one attached hydrogen (secondary N) is 1. The van der Waals surface area contributed by atoms with E-state index in [1.165, 1.54) is 6.42 Å². The molecule has 0 aromatic heterocycles. The molecule has 3 heteroatoms. The molecular formula is C10H18N2O. The van der Waals surface area contributed by atoms with E-state index in [9.17, 15) is 0 Å². The van der Waals surface area contributed by atoms with Crippen molar-refractivity contribution in [2.45, 2.75) is 38.1 Å². The zero-order chi connectivity index (χ0) is 9.73. The summed E-state index contributed by atoms with van der Waals surface area (Å²) in [6.07, 6.45) is 4.39. The summed E-state index contributed by atoms with van der Waals surface area (Å²) in [6, 6.07) is 2.38. The molecule has 1 aliphatic carbocycles. The summed E-state index contributed by atoms with van der Waals surface area (Å²) in [5.41, 5.74) is -0.374. The van der Waals surface area contributed by atoms with Crippen LogP contribution in [-0.4, -0.2) is 23.8 Å². The van der Waals surface area contributed by atoms with Gasteiger partial charge in [0, 0.05) is 6.54 Å². The molecule has 2 unspecified atom stereocenters. The van der Waals surface area contributed by atoms with Gasteiger partial charge >= 0.3 is 0 Å². The molecule has 1 rings (SSSR count). The highest BCUT2D eigenvalue weighted by molar-refractivity contribution is 5.11. The van der Waals surface area contributed by atoms with Gasteiger partial charge in [0.05, 0.1) is 12.7 Å². The minimum atomic E-state index is -0.374. The van der Waals surface area contributed by atoms with Crippen LogP contribution in [0.5, 0.6) is 0 Å². The van der Waals surface area contributed by atoms with Crippen molar-refractivity contribution in [3.8, 4) is 6.07 Å². The molecule has 1 aliphatic rings. The summed E-state index contributed by atoms with van der Waals surface area (Å²) in [7, 11) is 0. The molecule has 0 spiro atoms. The van der Waals surface area contributed by atoms with Crippen LogP contribution < -0.4 is 5.32 Å². The third-order valence-electron chi connectivity index (χ3n) is 3.05. The van der Waals surface area contributed by atoms with Gasteiger partial charge in [0.25, 0.3) is 0 Å². The lowest BCUT2D eigenvalue weighted by molar-refractivity contribution is 0.192. The normalized spacial score (nSPS) is 34.1. The molecule has 0 aromatic rings. The number of nitriles is 1. The molecular weight excluding hydrogens is 164 g/mol. The molecule has 0 heterocycles. The van der Waals surface area contributed by atoms with E-state index in [1.54, 1.807) is 0 Å². The lowest BCUT2D eigenvalue weighted by Gasteiger charge is -2.37. The Kier molecular flexibility index (Phi) is 3.71. The van der Waals surface area contributed by atoms with Crippen molar-refractivity contribution in [3.63, 3.8) is 0 Å². The first-order chi connectivity index (χ1) is 6.25. The van der Waals surface area contributed by atoms with Crippen LogP contribution in [0, 0.1) is 17.2 Å². The molecule has 2 N–H and O–H groups in total. The number of rotatable bonds is 3. The second-order valence-corrected chi connectivity index (χ2v) is 3.88. The zero-order valence-corrected chi connectivity index (χ0v) is 8.21. The Balaban J connectivity index is 2.60. The lowest BCUT2D eigenvalue weighted by Crippen LogP contribution is -2.51. The summed E-state index contributed by atoms with van der Waals surface area (Å²) >= 11 is 0. The van der Waals surface area contributed by atoms with E-state index < -0.39 is 0 Å². The summed E-state index contributed by atoms with van der Waals surface area (Å²) in [4.78, 5) is 0. The molecule has 2 atom stereocenters. The van der Waals surface area contributed by atoms with Crippen LogP contribution >= 0.6 is 0 Å². The smallest absolute Gasteiger partial charge is 0.109 e. The van der Waals surface area contributed by atoms with E-state index >= 15 is 0 Å². The highest BCUT2D eigenvalue weighted by Crippen LogP contribution is 2.32. The topological polar surface area (TPSA) is 56.0 Å². The molecule has 0 bridgehead atoms. The second kappa shape index (κ2) is 4.59. The minimum absolute atomic E-state index is 0.107. The fraction of sp³-hybridized carbons (Fsp3) is 0.900. The Morgan fingerprint density at radius 2 is 2.38 bits per heavy atom. The summed E-state index contributed by atoms with van der Waals surface area (Å²) in [6.45, 7) is 2.75. The van der Waals surface area contributed by atoms with Gasteiger partial charge < -0.3 is 5.11 Å². The van der Waals surface area contributed by atoms with Crippen LogP contribution in [0.1, 0.15) is 32.6 Å². The van der Waals surface area contributed by atoms with Gasteiger partial charge in [0.15, 0.2) is 0 Å². The largest absolute Gasteiger partial charge is 0.395 e. The second-order valence-electron chi connectivity index (χ2n) is 3.88. The van der Waals surface area contributed by atoms with Gasteiger partial charge in [-0.25, -0.2) is 0 Å². The molecule has 0 radical (unpaired) electrons. The molecule has 74 valence electrons. The monoisotopic (exact) mass is 182 g/mol. The Bertz CT molecular complexity index is 200. The quantitative estimate of drug-likeness (QED) is 0.685. The summed E-state index contributed by atoms with van der Waals surface area (Å²) in [5, 5.41) is 21.0. The van der Waals surface area contributed by atoms with Crippen LogP contribution in [0.25, 0.3) is 0 Å². The van der Waals surface area contributed by atoms with Crippen molar-refractivity contribution < 1.29 is 5.11 Å². The number of aliphatic hydroxyl groups is 1. The van der Waals surface area contributed by atoms with E-state index in [1.807, 2.05) is 0 Å². The average Bonchev–Trinajstić information content (AvgIpc) is 2.17. The van der Waals surface area contributed by atoms with E-state index in [4.69, 9.17) is 10.4 Å². The molecule has 3 nitrogen and oxygen atoms in total. The Morgan fingerprint density at radius 3 is 2.92 bits per heavy atom. The number of hydrogen-bond donors (Lipinski definition) is 2. The van der Waals surface area contributed by atoms with E-state index in [-0.39, 0.29) is 12.1 Å². The fourth-order valence-corrected chi connectivity index (χ4v) is 2.09.